The third-order valence-electron chi connectivity index (χ3n) is 5.35. The van der Waals surface area contributed by atoms with Crippen molar-refractivity contribution in [1.82, 2.24) is 10.2 Å². The summed E-state index contributed by atoms with van der Waals surface area (Å²) < 4.78 is 13.3. The van der Waals surface area contributed by atoms with Gasteiger partial charge in [0, 0.05) is 18.2 Å². The molecule has 2 heterocycles. The van der Waals surface area contributed by atoms with Crippen LogP contribution in [0, 0.1) is 12.7 Å². The highest BCUT2D eigenvalue weighted by atomic mass is 35.5. The largest absolute Gasteiger partial charge is 0.349 e. The topological polar surface area (TPSA) is 69.7 Å². The molecule has 4 rings (SSSR count). The summed E-state index contributed by atoms with van der Waals surface area (Å²) in [6.07, 6.45) is 0.853. The van der Waals surface area contributed by atoms with Crippen LogP contribution in [0.2, 0.25) is 5.02 Å². The van der Waals surface area contributed by atoms with Gasteiger partial charge in [-0.3, -0.25) is 9.59 Å². The van der Waals surface area contributed by atoms with Crippen LogP contribution >= 0.6 is 11.6 Å². The number of fused-ring (bicyclic) bond motifs is 1. The van der Waals surface area contributed by atoms with Crippen LogP contribution in [0.25, 0.3) is 0 Å². The highest BCUT2D eigenvalue weighted by Crippen LogP contribution is 2.31. The van der Waals surface area contributed by atoms with E-state index in [1.54, 1.807) is 17.0 Å². The number of halogens is 2. The van der Waals surface area contributed by atoms with E-state index in [9.17, 15) is 18.8 Å². The maximum absolute atomic E-state index is 13.3. The molecular formula is C21H19ClFN3O3. The summed E-state index contributed by atoms with van der Waals surface area (Å²) in [5.41, 5.74) is 1.82. The lowest BCUT2D eigenvalue weighted by Gasteiger charge is -2.32. The van der Waals surface area contributed by atoms with Gasteiger partial charge >= 0.3 is 6.03 Å². The number of aryl methyl sites for hydroxylation is 1. The first kappa shape index (κ1) is 19.4. The Hall–Kier alpha value is -2.93. The fourth-order valence-corrected chi connectivity index (χ4v) is 3.95. The van der Waals surface area contributed by atoms with E-state index >= 15 is 0 Å². The van der Waals surface area contributed by atoms with Crippen molar-refractivity contribution in [3.05, 3.63) is 64.4 Å². The maximum Gasteiger partial charge on any atom is 0.332 e. The number of benzene rings is 2. The highest BCUT2D eigenvalue weighted by Gasteiger charge is 2.48. The highest BCUT2D eigenvalue weighted by molar-refractivity contribution is 6.31. The average Bonchev–Trinajstić information content (AvgIpc) is 2.95. The average molecular weight is 416 g/mol. The number of piperidine rings is 1. The SMILES string of the molecule is Cc1ccc(N2C(=O)C3CC(NC(=O)c4ccc(F)c(Cl)c4)CCN3C2=O)cc1. The van der Waals surface area contributed by atoms with Crippen LogP contribution in [-0.2, 0) is 4.79 Å². The Labute approximate surface area is 172 Å². The van der Waals surface area contributed by atoms with E-state index in [1.807, 2.05) is 19.1 Å². The molecule has 2 aromatic carbocycles. The minimum absolute atomic E-state index is 0.127. The van der Waals surface area contributed by atoms with E-state index in [-0.39, 0.29) is 28.6 Å². The lowest BCUT2D eigenvalue weighted by molar-refractivity contribution is -0.120. The summed E-state index contributed by atoms with van der Waals surface area (Å²) >= 11 is 5.74. The van der Waals surface area contributed by atoms with Gasteiger partial charge in [-0.15, -0.1) is 0 Å². The number of carbonyl (C=O) groups excluding carboxylic acids is 3. The number of imide groups is 1. The Balaban J connectivity index is 1.47. The Kier molecular flexibility index (Phi) is 5.00. The molecule has 6 nitrogen and oxygen atoms in total. The van der Waals surface area contributed by atoms with Gasteiger partial charge in [-0.1, -0.05) is 29.3 Å². The molecule has 8 heteroatoms. The molecule has 29 heavy (non-hydrogen) atoms. The van der Waals surface area contributed by atoms with Crippen LogP contribution in [-0.4, -0.2) is 41.4 Å². The van der Waals surface area contributed by atoms with E-state index < -0.39 is 17.8 Å². The van der Waals surface area contributed by atoms with Gasteiger partial charge in [-0.2, -0.15) is 0 Å². The molecule has 2 atom stereocenters. The van der Waals surface area contributed by atoms with Crippen molar-refractivity contribution in [3.8, 4) is 0 Å². The first-order valence-electron chi connectivity index (χ1n) is 9.32. The minimum atomic E-state index is -0.611. The van der Waals surface area contributed by atoms with Crippen molar-refractivity contribution < 1.29 is 18.8 Å². The van der Waals surface area contributed by atoms with Crippen molar-refractivity contribution in [2.24, 2.45) is 0 Å². The molecule has 2 fully saturated rings. The van der Waals surface area contributed by atoms with Gasteiger partial charge < -0.3 is 10.2 Å². The number of rotatable bonds is 3. The molecule has 2 aliphatic rings. The molecule has 2 aromatic rings. The molecule has 2 unspecified atom stereocenters. The minimum Gasteiger partial charge on any atom is -0.349 e. The fraction of sp³-hybridized carbons (Fsp3) is 0.286. The van der Waals surface area contributed by atoms with Crippen LogP contribution in [0.4, 0.5) is 14.9 Å². The van der Waals surface area contributed by atoms with E-state index in [0.717, 1.165) is 11.6 Å². The number of amides is 4. The van der Waals surface area contributed by atoms with Crippen LogP contribution in [0.15, 0.2) is 42.5 Å². The van der Waals surface area contributed by atoms with Gasteiger partial charge in [0.1, 0.15) is 11.9 Å². The number of carbonyl (C=O) groups is 3. The first-order valence-corrected chi connectivity index (χ1v) is 9.70. The van der Waals surface area contributed by atoms with Crippen molar-refractivity contribution in [1.29, 1.82) is 0 Å². The Morgan fingerprint density at radius 3 is 2.59 bits per heavy atom. The molecule has 0 spiro atoms. The Bertz CT molecular complexity index is 995. The number of urea groups is 1. The zero-order valence-electron chi connectivity index (χ0n) is 15.7. The number of nitrogens with zero attached hydrogens (tertiary/aromatic N) is 2. The molecule has 2 saturated heterocycles. The summed E-state index contributed by atoms with van der Waals surface area (Å²) in [6.45, 7) is 2.30. The van der Waals surface area contributed by atoms with E-state index in [1.165, 1.54) is 17.0 Å². The number of nitrogens with one attached hydrogen (secondary N) is 1. The van der Waals surface area contributed by atoms with Crippen molar-refractivity contribution in [3.63, 3.8) is 0 Å². The first-order chi connectivity index (χ1) is 13.8. The zero-order chi connectivity index (χ0) is 20.7. The molecule has 2 aliphatic heterocycles. The van der Waals surface area contributed by atoms with Gasteiger partial charge in [0.15, 0.2) is 0 Å². The monoisotopic (exact) mass is 415 g/mol. The second kappa shape index (κ2) is 7.48. The van der Waals surface area contributed by atoms with Gasteiger partial charge in [0.2, 0.25) is 0 Å². The van der Waals surface area contributed by atoms with Gasteiger partial charge in [-0.25, -0.2) is 14.1 Å². The lowest BCUT2D eigenvalue weighted by atomic mass is 9.97. The number of hydrogen-bond acceptors (Lipinski definition) is 3. The summed E-state index contributed by atoms with van der Waals surface area (Å²) in [6, 6.07) is 9.75. The number of anilines is 1. The van der Waals surface area contributed by atoms with Crippen molar-refractivity contribution in [2.45, 2.75) is 31.8 Å². The zero-order valence-corrected chi connectivity index (χ0v) is 16.4. The Morgan fingerprint density at radius 2 is 1.90 bits per heavy atom. The van der Waals surface area contributed by atoms with E-state index in [2.05, 4.69) is 5.32 Å². The molecule has 0 aliphatic carbocycles. The smallest absolute Gasteiger partial charge is 0.332 e. The quantitative estimate of drug-likeness (QED) is 0.780. The summed E-state index contributed by atoms with van der Waals surface area (Å²) in [7, 11) is 0. The second-order valence-corrected chi connectivity index (χ2v) is 7.73. The summed E-state index contributed by atoms with van der Waals surface area (Å²) in [5, 5.41) is 2.74. The molecule has 0 saturated carbocycles. The third kappa shape index (κ3) is 3.58. The van der Waals surface area contributed by atoms with Crippen molar-refractivity contribution in [2.75, 3.05) is 11.4 Å². The Morgan fingerprint density at radius 1 is 1.17 bits per heavy atom. The fourth-order valence-electron chi connectivity index (χ4n) is 3.77. The van der Waals surface area contributed by atoms with Crippen LogP contribution in [0.5, 0.6) is 0 Å². The van der Waals surface area contributed by atoms with Crippen LogP contribution in [0.1, 0.15) is 28.8 Å². The predicted octanol–water partition coefficient (Wildman–Crippen LogP) is 3.52. The normalized spacial score (nSPS) is 21.3. The molecule has 0 aromatic heterocycles. The molecule has 0 bridgehead atoms. The molecular weight excluding hydrogens is 397 g/mol. The third-order valence-corrected chi connectivity index (χ3v) is 5.64. The molecule has 0 radical (unpaired) electrons. The van der Waals surface area contributed by atoms with Gasteiger partial charge in [0.25, 0.3) is 11.8 Å². The summed E-state index contributed by atoms with van der Waals surface area (Å²) in [5.74, 6) is -1.28. The molecule has 4 amide bonds. The standard InChI is InChI=1S/C21H19ClFN3O3/c1-12-2-5-15(6-3-12)26-20(28)18-11-14(8-9-25(18)21(26)29)24-19(27)13-4-7-17(23)16(22)10-13/h2-7,10,14,18H,8-9,11H2,1H3,(H,24,27). The number of hydrogen-bond donors (Lipinski definition) is 1. The van der Waals surface area contributed by atoms with Crippen LogP contribution in [0.3, 0.4) is 0 Å². The predicted molar refractivity (Wildman–Crippen MR) is 106 cm³/mol. The molecule has 1 N–H and O–H groups in total. The van der Waals surface area contributed by atoms with Gasteiger partial charge in [0.05, 0.1) is 10.7 Å². The maximum atomic E-state index is 13.3. The van der Waals surface area contributed by atoms with Crippen LogP contribution < -0.4 is 10.2 Å². The molecule has 150 valence electrons. The van der Waals surface area contributed by atoms with Crippen molar-refractivity contribution >= 4 is 35.1 Å². The second-order valence-electron chi connectivity index (χ2n) is 7.32. The van der Waals surface area contributed by atoms with Gasteiger partial charge in [-0.05, 0) is 50.1 Å². The van der Waals surface area contributed by atoms with E-state index in [0.29, 0.717) is 25.1 Å². The van der Waals surface area contributed by atoms with E-state index in [4.69, 9.17) is 11.6 Å². The lowest BCUT2D eigenvalue weighted by Crippen LogP contribution is -2.49. The summed E-state index contributed by atoms with van der Waals surface area (Å²) in [4.78, 5) is 40.9.